The highest BCUT2D eigenvalue weighted by atomic mass is 16.5. The van der Waals surface area contributed by atoms with Crippen molar-refractivity contribution in [1.82, 2.24) is 4.98 Å². The number of nitrogens with zero attached hydrogens (tertiary/aromatic N) is 4. The molecule has 1 rings (SSSR count). The fourth-order valence-corrected chi connectivity index (χ4v) is 1.16. The fraction of sp³-hybridized carbons (Fsp3) is 0.222. The summed E-state index contributed by atoms with van der Waals surface area (Å²) in [6.45, 7) is 0. The van der Waals surface area contributed by atoms with E-state index in [1.165, 1.54) is 14.2 Å². The quantitative estimate of drug-likeness (QED) is 0.200. The number of nitrogens with two attached hydrogens (primary N) is 1. The van der Waals surface area contributed by atoms with Crippen LogP contribution in [0.15, 0.2) is 27.5 Å². The van der Waals surface area contributed by atoms with Crippen LogP contribution in [0.2, 0.25) is 0 Å². The summed E-state index contributed by atoms with van der Waals surface area (Å²) in [4.78, 5) is 18.3. The van der Waals surface area contributed by atoms with Crippen LogP contribution in [0, 0.1) is 0 Å². The number of hydrogen-bond acceptors (Lipinski definition) is 5. The Hall–Kier alpha value is -2.51. The van der Waals surface area contributed by atoms with Crippen molar-refractivity contribution in [3.05, 3.63) is 17.8 Å². The molecule has 3 N–H and O–H groups in total. The highest BCUT2D eigenvalue weighted by molar-refractivity contribution is 5.97. The van der Waals surface area contributed by atoms with Crippen molar-refractivity contribution in [1.29, 1.82) is 0 Å². The number of pyridine rings is 1. The van der Waals surface area contributed by atoms with Gasteiger partial charge in [0.1, 0.15) is 11.4 Å². The Morgan fingerprint density at radius 1 is 1.65 bits per heavy atom. The lowest BCUT2D eigenvalue weighted by Crippen LogP contribution is -2.05. The molecule has 0 bridgehead atoms. The van der Waals surface area contributed by atoms with E-state index in [2.05, 4.69) is 25.6 Å². The number of hydrogen-bond donors (Lipinski definition) is 2. The average molecular weight is 238 g/mol. The normalized spacial score (nSPS) is 11.5. The van der Waals surface area contributed by atoms with Crippen LogP contribution in [0.25, 0.3) is 0 Å². The lowest BCUT2D eigenvalue weighted by Gasteiger charge is -2.07. The molecule has 0 aliphatic rings. The van der Waals surface area contributed by atoms with Crippen molar-refractivity contribution in [3.63, 3.8) is 0 Å². The molecular weight excluding hydrogens is 224 g/mol. The van der Waals surface area contributed by atoms with E-state index in [0.717, 1.165) is 0 Å². The zero-order chi connectivity index (χ0) is 12.7. The molecule has 17 heavy (non-hydrogen) atoms. The number of anilines is 1. The summed E-state index contributed by atoms with van der Waals surface area (Å²) in [6.07, 6.45) is 0.535. The van der Waals surface area contributed by atoms with Crippen LogP contribution in [-0.2, 0) is 4.79 Å². The second kappa shape index (κ2) is 6.16. The molecule has 1 aromatic rings. The van der Waals surface area contributed by atoms with Gasteiger partial charge in [0.05, 0.1) is 7.11 Å². The maximum atomic E-state index is 10.4. The number of amidine groups is 1. The van der Waals surface area contributed by atoms with Crippen molar-refractivity contribution < 1.29 is 11.0 Å². The molecule has 0 unspecified atom stereocenters. The number of aromatic nitrogens is 1. The fourth-order valence-electron chi connectivity index (χ4n) is 1.16. The molecule has 1 aromatic heterocycles. The zero-order valence-electron chi connectivity index (χ0n) is 9.41. The Labute approximate surface area is 99.1 Å². The molecular formula is C9H14N6O2. The minimum absolute atomic E-state index is 0. The Morgan fingerprint density at radius 3 is 2.94 bits per heavy atom. The van der Waals surface area contributed by atoms with E-state index in [1.807, 2.05) is 0 Å². The number of carbonyl (C=O) groups is 1. The van der Waals surface area contributed by atoms with Crippen LogP contribution in [0.3, 0.4) is 0 Å². The largest absolute Gasteiger partial charge is 0.479 e. The third kappa shape index (κ3) is 2.97. The van der Waals surface area contributed by atoms with Crippen LogP contribution < -0.4 is 15.9 Å². The van der Waals surface area contributed by atoms with Crippen molar-refractivity contribution in [3.8, 4) is 5.88 Å². The molecule has 0 atom stereocenters. The summed E-state index contributed by atoms with van der Waals surface area (Å²) in [5, 5.41) is 9.20. The van der Waals surface area contributed by atoms with Gasteiger partial charge < -0.3 is 15.9 Å². The number of carbonyl (C=O) groups excluding carboxylic acids is 1. The highest BCUT2D eigenvalue weighted by Crippen LogP contribution is 2.21. The van der Waals surface area contributed by atoms with E-state index in [0.29, 0.717) is 17.8 Å². The molecule has 1 heterocycles. The van der Waals surface area contributed by atoms with E-state index < -0.39 is 0 Å². The lowest BCUT2D eigenvalue weighted by atomic mass is 10.3. The van der Waals surface area contributed by atoms with Crippen LogP contribution in [-0.4, -0.2) is 31.4 Å². The lowest BCUT2D eigenvalue weighted by molar-refractivity contribution is -0.105. The number of ether oxygens (including phenoxy) is 1. The van der Waals surface area contributed by atoms with Gasteiger partial charge in [-0.15, -0.1) is 5.11 Å². The first-order chi connectivity index (χ1) is 8.26. The molecule has 0 aliphatic heterocycles. The molecule has 0 radical (unpaired) electrons. The Morgan fingerprint density at radius 2 is 2.41 bits per heavy atom. The first kappa shape index (κ1) is 12.6. The maximum absolute atomic E-state index is 10.4. The highest BCUT2D eigenvalue weighted by Gasteiger charge is 2.09. The second-order valence-corrected chi connectivity index (χ2v) is 2.78. The monoisotopic (exact) mass is 238 g/mol. The summed E-state index contributed by atoms with van der Waals surface area (Å²) in [6, 6.07) is 3.23. The van der Waals surface area contributed by atoms with E-state index >= 15 is 0 Å². The molecule has 0 aromatic carbocycles. The van der Waals surface area contributed by atoms with Gasteiger partial charge in [0, 0.05) is 8.47 Å². The molecule has 0 saturated carbocycles. The number of methoxy groups -OCH3 is 1. The number of nitrogens with one attached hydrogen (secondary N) is 1. The van der Waals surface area contributed by atoms with E-state index in [-0.39, 0.29) is 13.1 Å². The first-order valence-corrected chi connectivity index (χ1v) is 4.60. The van der Waals surface area contributed by atoms with Crippen LogP contribution >= 0.6 is 0 Å². The molecule has 92 valence electrons. The standard InChI is InChI=1S/C9H12N6O2.H2/c1-11-8(14-15-10)6-3-4-7(12-5-16)9(13-6)17-2;/h3-5H,1-2H3,(H,12,16)(H2,10,11,14);1H. The van der Waals surface area contributed by atoms with Gasteiger partial charge in [-0.25, -0.2) is 4.98 Å². The summed E-state index contributed by atoms with van der Waals surface area (Å²) < 4.78 is 5.02. The second-order valence-electron chi connectivity index (χ2n) is 2.78. The van der Waals surface area contributed by atoms with Gasteiger partial charge in [-0.3, -0.25) is 9.79 Å². The van der Waals surface area contributed by atoms with Gasteiger partial charge in [0.15, 0.2) is 5.84 Å². The van der Waals surface area contributed by atoms with E-state index in [9.17, 15) is 4.79 Å². The van der Waals surface area contributed by atoms with Crippen LogP contribution in [0.5, 0.6) is 5.88 Å². The van der Waals surface area contributed by atoms with Crippen molar-refractivity contribution in [2.75, 3.05) is 19.5 Å². The minimum Gasteiger partial charge on any atom is -0.479 e. The van der Waals surface area contributed by atoms with Gasteiger partial charge in [-0.1, -0.05) is 5.22 Å². The molecule has 8 heteroatoms. The van der Waals surface area contributed by atoms with Crippen LogP contribution in [0.1, 0.15) is 7.12 Å². The Balaban J connectivity index is 0.00000289. The van der Waals surface area contributed by atoms with Gasteiger partial charge in [0.2, 0.25) is 12.3 Å². The third-order valence-electron chi connectivity index (χ3n) is 1.86. The molecule has 0 aliphatic carbocycles. The smallest absolute Gasteiger partial charge is 0.238 e. The van der Waals surface area contributed by atoms with Crippen molar-refractivity contribution in [2.24, 2.45) is 21.2 Å². The summed E-state index contributed by atoms with van der Waals surface area (Å²) in [7, 11) is 2.98. The first-order valence-electron chi connectivity index (χ1n) is 4.60. The Bertz CT molecular complexity index is 462. The van der Waals surface area contributed by atoms with Gasteiger partial charge in [-0.05, 0) is 12.1 Å². The molecule has 0 fully saturated rings. The molecule has 0 spiro atoms. The predicted molar refractivity (Wildman–Crippen MR) is 64.1 cm³/mol. The molecule has 1 amide bonds. The van der Waals surface area contributed by atoms with Gasteiger partial charge in [0.25, 0.3) is 0 Å². The number of aliphatic imine (C=N–C) groups is 1. The number of rotatable bonds is 4. The molecule has 0 saturated heterocycles. The minimum atomic E-state index is 0. The van der Waals surface area contributed by atoms with E-state index in [4.69, 9.17) is 10.6 Å². The number of amides is 1. The van der Waals surface area contributed by atoms with E-state index in [1.54, 1.807) is 12.1 Å². The SMILES string of the molecule is CN=C(N=NN)c1ccc(NC=O)c(OC)n1.[HH]. The summed E-state index contributed by atoms with van der Waals surface area (Å²) >= 11 is 0. The topological polar surface area (TPSA) is 114 Å². The van der Waals surface area contributed by atoms with Gasteiger partial charge in [-0.2, -0.15) is 0 Å². The van der Waals surface area contributed by atoms with Gasteiger partial charge >= 0.3 is 0 Å². The molecule has 8 nitrogen and oxygen atoms in total. The van der Waals surface area contributed by atoms with Crippen LogP contribution in [0.4, 0.5) is 5.69 Å². The average Bonchev–Trinajstić information content (AvgIpc) is 2.37. The predicted octanol–water partition coefficient (Wildman–Crippen LogP) is 0.607. The van der Waals surface area contributed by atoms with Crippen molar-refractivity contribution >= 4 is 17.9 Å². The van der Waals surface area contributed by atoms with Crippen molar-refractivity contribution in [2.45, 2.75) is 0 Å². The summed E-state index contributed by atoms with van der Waals surface area (Å²) in [5.74, 6) is 5.47. The zero-order valence-corrected chi connectivity index (χ0v) is 9.41. The summed E-state index contributed by atoms with van der Waals surface area (Å²) in [5.41, 5.74) is 0.890. The maximum Gasteiger partial charge on any atom is 0.238 e. The Kier molecular flexibility index (Phi) is 4.55. The third-order valence-corrected chi connectivity index (χ3v) is 1.86.